The summed E-state index contributed by atoms with van der Waals surface area (Å²) in [6.45, 7) is 16.8. The number of benzene rings is 2. The molecular formula is C31H43N3O. The van der Waals surface area contributed by atoms with Gasteiger partial charge in [-0.2, -0.15) is 5.10 Å². The molecule has 1 unspecified atom stereocenters. The molecule has 1 aromatic heterocycles. The summed E-state index contributed by atoms with van der Waals surface area (Å²) in [4.78, 5) is 2.63. The zero-order chi connectivity index (χ0) is 24.9. The fourth-order valence-corrected chi connectivity index (χ4v) is 5.81. The maximum Gasteiger partial charge on any atom is 0.0707 e. The van der Waals surface area contributed by atoms with Gasteiger partial charge in [-0.1, -0.05) is 63.6 Å². The lowest BCUT2D eigenvalue weighted by Crippen LogP contribution is -2.43. The summed E-state index contributed by atoms with van der Waals surface area (Å²) < 4.78 is 8.21. The standard InChI is InChI=1S/C31H43N3O/c1-7-13-24-16-22(5)31(23(6)17-24)34-30(9-3)28(29(8-2)32-34)20-33-19-26-15-12-11-14-25(26)18-27(33)21-35-10-4/h11-12,14-17,27H,7-10,13,18-21H2,1-6H3. The fraction of sp³-hybridized carbons (Fsp3) is 0.516. The van der Waals surface area contributed by atoms with Crippen LogP contribution >= 0.6 is 0 Å². The first-order chi connectivity index (χ1) is 17.0. The van der Waals surface area contributed by atoms with Crippen LogP contribution < -0.4 is 0 Å². The maximum absolute atomic E-state index is 5.94. The van der Waals surface area contributed by atoms with Gasteiger partial charge in [0.1, 0.15) is 0 Å². The third-order valence-electron chi connectivity index (χ3n) is 7.48. The molecule has 0 radical (unpaired) electrons. The molecule has 1 aliphatic rings. The summed E-state index contributed by atoms with van der Waals surface area (Å²) in [5.74, 6) is 0. The Labute approximate surface area is 212 Å². The van der Waals surface area contributed by atoms with Gasteiger partial charge in [-0.05, 0) is 74.3 Å². The molecule has 0 saturated heterocycles. The first-order valence-corrected chi connectivity index (χ1v) is 13.6. The molecule has 2 heterocycles. The van der Waals surface area contributed by atoms with E-state index in [0.29, 0.717) is 6.04 Å². The SMILES string of the molecule is CCCc1cc(C)c(-n2nc(CC)c(CN3Cc4ccccc4CC3COCC)c2CC)c(C)c1. The zero-order valence-electron chi connectivity index (χ0n) is 22.7. The van der Waals surface area contributed by atoms with E-state index >= 15 is 0 Å². The second kappa shape index (κ2) is 11.5. The average Bonchev–Trinajstić information content (AvgIpc) is 3.19. The minimum absolute atomic E-state index is 0.388. The van der Waals surface area contributed by atoms with Crippen LogP contribution in [0.25, 0.3) is 5.69 Å². The summed E-state index contributed by atoms with van der Waals surface area (Å²) in [6, 6.07) is 14.0. The highest BCUT2D eigenvalue weighted by molar-refractivity contribution is 5.51. The minimum atomic E-state index is 0.388. The molecule has 1 aliphatic heterocycles. The van der Waals surface area contributed by atoms with Crippen LogP contribution in [0, 0.1) is 13.8 Å². The third-order valence-corrected chi connectivity index (χ3v) is 7.48. The van der Waals surface area contributed by atoms with Gasteiger partial charge in [-0.25, -0.2) is 4.68 Å². The van der Waals surface area contributed by atoms with E-state index in [4.69, 9.17) is 9.84 Å². The highest BCUT2D eigenvalue weighted by Gasteiger charge is 2.29. The lowest BCUT2D eigenvalue weighted by Gasteiger charge is -2.37. The van der Waals surface area contributed by atoms with Crippen LogP contribution in [0.1, 0.15) is 78.9 Å². The molecule has 1 atom stereocenters. The Morgan fingerprint density at radius 3 is 2.31 bits per heavy atom. The summed E-state index contributed by atoms with van der Waals surface area (Å²) >= 11 is 0. The van der Waals surface area contributed by atoms with E-state index in [0.717, 1.165) is 52.0 Å². The monoisotopic (exact) mass is 473 g/mol. The Hall–Kier alpha value is -2.43. The predicted octanol–water partition coefficient (Wildman–Crippen LogP) is 6.53. The number of hydrogen-bond acceptors (Lipinski definition) is 3. The number of fused-ring (bicyclic) bond motifs is 1. The molecule has 0 amide bonds. The molecule has 0 spiro atoms. The summed E-state index contributed by atoms with van der Waals surface area (Å²) in [5.41, 5.74) is 12.2. The number of hydrogen-bond donors (Lipinski definition) is 0. The third kappa shape index (κ3) is 5.39. The van der Waals surface area contributed by atoms with Gasteiger partial charge in [-0.3, -0.25) is 4.90 Å². The Bertz CT molecular complexity index is 1120. The summed E-state index contributed by atoms with van der Waals surface area (Å²) in [5, 5.41) is 5.22. The smallest absolute Gasteiger partial charge is 0.0707 e. The second-order valence-electron chi connectivity index (χ2n) is 10.0. The fourth-order valence-electron chi connectivity index (χ4n) is 5.81. The topological polar surface area (TPSA) is 30.3 Å². The maximum atomic E-state index is 5.94. The van der Waals surface area contributed by atoms with Gasteiger partial charge in [-0.15, -0.1) is 0 Å². The van der Waals surface area contributed by atoms with Crippen molar-refractivity contribution < 1.29 is 4.74 Å². The molecule has 35 heavy (non-hydrogen) atoms. The van der Waals surface area contributed by atoms with Gasteiger partial charge in [0.2, 0.25) is 0 Å². The molecule has 4 rings (SSSR count). The molecule has 4 nitrogen and oxygen atoms in total. The Balaban J connectivity index is 1.73. The van der Waals surface area contributed by atoms with Crippen LogP contribution in [0.3, 0.4) is 0 Å². The van der Waals surface area contributed by atoms with Crippen molar-refractivity contribution in [2.45, 2.75) is 92.8 Å². The van der Waals surface area contributed by atoms with Gasteiger partial charge in [0.05, 0.1) is 18.0 Å². The highest BCUT2D eigenvalue weighted by atomic mass is 16.5. The van der Waals surface area contributed by atoms with Crippen molar-refractivity contribution in [2.24, 2.45) is 0 Å². The molecule has 0 fully saturated rings. The summed E-state index contributed by atoms with van der Waals surface area (Å²) in [7, 11) is 0. The normalized spacial score (nSPS) is 16.0. The van der Waals surface area contributed by atoms with Gasteiger partial charge < -0.3 is 4.74 Å². The van der Waals surface area contributed by atoms with Crippen LogP contribution in [0.4, 0.5) is 0 Å². The average molecular weight is 474 g/mol. The quantitative estimate of drug-likeness (QED) is 0.335. The Morgan fingerprint density at radius 2 is 1.69 bits per heavy atom. The van der Waals surface area contributed by atoms with E-state index in [1.54, 1.807) is 0 Å². The molecule has 3 aromatic rings. The largest absolute Gasteiger partial charge is 0.380 e. The highest BCUT2D eigenvalue weighted by Crippen LogP contribution is 2.30. The molecular weight excluding hydrogens is 430 g/mol. The molecule has 0 saturated carbocycles. The van der Waals surface area contributed by atoms with E-state index in [1.165, 1.54) is 56.9 Å². The predicted molar refractivity (Wildman–Crippen MR) is 145 cm³/mol. The van der Waals surface area contributed by atoms with E-state index in [1.807, 2.05) is 0 Å². The van der Waals surface area contributed by atoms with Gasteiger partial charge >= 0.3 is 0 Å². The van der Waals surface area contributed by atoms with Crippen molar-refractivity contribution in [1.29, 1.82) is 0 Å². The van der Waals surface area contributed by atoms with E-state index in [2.05, 4.69) is 87.5 Å². The zero-order valence-corrected chi connectivity index (χ0v) is 22.7. The lowest BCUT2D eigenvalue weighted by molar-refractivity contribution is 0.0511. The van der Waals surface area contributed by atoms with Crippen LogP contribution in [-0.2, 0) is 43.5 Å². The van der Waals surface area contributed by atoms with E-state index in [9.17, 15) is 0 Å². The van der Waals surface area contributed by atoms with Gasteiger partial charge in [0, 0.05) is 37.0 Å². The number of aryl methyl sites for hydroxylation is 4. The minimum Gasteiger partial charge on any atom is -0.380 e. The van der Waals surface area contributed by atoms with E-state index in [-0.39, 0.29) is 0 Å². The molecule has 4 heteroatoms. The van der Waals surface area contributed by atoms with Crippen molar-refractivity contribution >= 4 is 0 Å². The van der Waals surface area contributed by atoms with Crippen LogP contribution in [0.2, 0.25) is 0 Å². The van der Waals surface area contributed by atoms with Crippen LogP contribution in [0.5, 0.6) is 0 Å². The van der Waals surface area contributed by atoms with Crippen LogP contribution in [-0.4, -0.2) is 33.9 Å². The number of rotatable bonds is 10. The second-order valence-corrected chi connectivity index (χ2v) is 10.0. The molecule has 188 valence electrons. The molecule has 0 aliphatic carbocycles. The van der Waals surface area contributed by atoms with Gasteiger partial charge in [0.25, 0.3) is 0 Å². The van der Waals surface area contributed by atoms with Crippen molar-refractivity contribution in [1.82, 2.24) is 14.7 Å². The Kier molecular flexibility index (Phi) is 8.46. The van der Waals surface area contributed by atoms with Crippen molar-refractivity contribution in [3.8, 4) is 5.69 Å². The van der Waals surface area contributed by atoms with Gasteiger partial charge in [0.15, 0.2) is 0 Å². The Morgan fingerprint density at radius 1 is 0.971 bits per heavy atom. The molecule has 0 N–H and O–H groups in total. The number of nitrogens with zero attached hydrogens (tertiary/aromatic N) is 3. The summed E-state index contributed by atoms with van der Waals surface area (Å²) in [6.07, 6.45) is 5.27. The lowest BCUT2D eigenvalue weighted by atomic mass is 9.93. The first kappa shape index (κ1) is 25.7. The first-order valence-electron chi connectivity index (χ1n) is 13.6. The number of aromatic nitrogens is 2. The van der Waals surface area contributed by atoms with Crippen LogP contribution in [0.15, 0.2) is 36.4 Å². The van der Waals surface area contributed by atoms with Crippen molar-refractivity contribution in [3.63, 3.8) is 0 Å². The molecule has 0 bridgehead atoms. The molecule has 2 aromatic carbocycles. The van der Waals surface area contributed by atoms with Crippen molar-refractivity contribution in [3.05, 3.63) is 81.2 Å². The van der Waals surface area contributed by atoms with E-state index < -0.39 is 0 Å². The van der Waals surface area contributed by atoms with Crippen molar-refractivity contribution in [2.75, 3.05) is 13.2 Å². The number of ether oxygens (including phenoxy) is 1.